The maximum absolute atomic E-state index is 10.2. The van der Waals surface area contributed by atoms with Crippen molar-refractivity contribution in [2.75, 3.05) is 0 Å². The first-order chi connectivity index (χ1) is 6.79. The molecule has 76 valence electrons. The average molecular weight is 273 g/mol. The molecular weight excluding hydrogens is 260 g/mol. The predicted molar refractivity (Wildman–Crippen MR) is 61.3 cm³/mol. The molecule has 3 unspecified atom stereocenters. The molecule has 1 N–H and O–H groups in total. The van der Waals surface area contributed by atoms with E-state index in [4.69, 9.17) is 0 Å². The topological polar surface area (TPSA) is 20.2 Å². The molecule has 2 saturated carbocycles. The van der Waals surface area contributed by atoms with Crippen LogP contribution >= 0.6 is 27.3 Å². The summed E-state index contributed by atoms with van der Waals surface area (Å²) in [6.07, 6.45) is 3.84. The highest BCUT2D eigenvalue weighted by Gasteiger charge is 2.56. The van der Waals surface area contributed by atoms with Crippen LogP contribution in [0.3, 0.4) is 0 Å². The molecular formula is C11H13BrOS. The van der Waals surface area contributed by atoms with Gasteiger partial charge in [0.15, 0.2) is 0 Å². The van der Waals surface area contributed by atoms with E-state index in [9.17, 15) is 5.11 Å². The van der Waals surface area contributed by atoms with Gasteiger partial charge in [-0.3, -0.25) is 0 Å². The van der Waals surface area contributed by atoms with Crippen molar-refractivity contribution < 1.29 is 5.11 Å². The fourth-order valence-electron chi connectivity index (χ4n) is 3.05. The first kappa shape index (κ1) is 9.37. The van der Waals surface area contributed by atoms with Crippen LogP contribution in [0.1, 0.15) is 30.9 Å². The second-order valence-electron chi connectivity index (χ2n) is 4.46. The fraction of sp³-hybridized carbons (Fsp3) is 0.636. The van der Waals surface area contributed by atoms with Crippen LogP contribution in [0.25, 0.3) is 0 Å². The van der Waals surface area contributed by atoms with Crippen molar-refractivity contribution in [2.24, 2.45) is 17.8 Å². The van der Waals surface area contributed by atoms with Crippen molar-refractivity contribution in [2.45, 2.75) is 25.4 Å². The van der Waals surface area contributed by atoms with Crippen molar-refractivity contribution in [3.63, 3.8) is 0 Å². The number of rotatable bonds is 2. The lowest BCUT2D eigenvalue weighted by molar-refractivity contribution is 0.137. The van der Waals surface area contributed by atoms with Crippen LogP contribution in [0.4, 0.5) is 0 Å². The van der Waals surface area contributed by atoms with Gasteiger partial charge in [0.05, 0.1) is 6.10 Å². The molecule has 0 aromatic carbocycles. The van der Waals surface area contributed by atoms with E-state index in [-0.39, 0.29) is 6.10 Å². The van der Waals surface area contributed by atoms with Gasteiger partial charge in [-0.2, -0.15) is 11.3 Å². The van der Waals surface area contributed by atoms with Gasteiger partial charge in [0.1, 0.15) is 0 Å². The van der Waals surface area contributed by atoms with Crippen LogP contribution in [-0.2, 0) is 0 Å². The summed E-state index contributed by atoms with van der Waals surface area (Å²) in [6, 6.07) is 0. The summed E-state index contributed by atoms with van der Waals surface area (Å²) < 4.78 is 1.08. The monoisotopic (exact) mass is 272 g/mol. The number of halogens is 1. The third-order valence-electron chi connectivity index (χ3n) is 3.80. The molecule has 3 heteroatoms. The SMILES string of the molecule is OC(c1cscc1Br)C1C2CCCC21. The van der Waals surface area contributed by atoms with E-state index in [1.807, 2.05) is 0 Å². The third kappa shape index (κ3) is 1.29. The zero-order valence-corrected chi connectivity index (χ0v) is 10.2. The van der Waals surface area contributed by atoms with E-state index in [2.05, 4.69) is 26.7 Å². The highest BCUT2D eigenvalue weighted by Crippen LogP contribution is 2.62. The highest BCUT2D eigenvalue weighted by molar-refractivity contribution is 9.10. The molecule has 0 bridgehead atoms. The molecule has 3 atom stereocenters. The Balaban J connectivity index is 1.78. The Labute approximate surface area is 96.3 Å². The van der Waals surface area contributed by atoms with Crippen LogP contribution in [0.15, 0.2) is 15.2 Å². The minimum absolute atomic E-state index is 0.217. The van der Waals surface area contributed by atoms with Gasteiger partial charge in [0.2, 0.25) is 0 Å². The van der Waals surface area contributed by atoms with Crippen LogP contribution < -0.4 is 0 Å². The van der Waals surface area contributed by atoms with E-state index < -0.39 is 0 Å². The van der Waals surface area contributed by atoms with Gasteiger partial charge >= 0.3 is 0 Å². The summed E-state index contributed by atoms with van der Waals surface area (Å²) in [6.45, 7) is 0. The van der Waals surface area contributed by atoms with E-state index in [0.717, 1.165) is 21.9 Å². The molecule has 0 amide bonds. The number of aliphatic hydroxyl groups is 1. The van der Waals surface area contributed by atoms with Crippen LogP contribution in [0, 0.1) is 17.8 Å². The minimum Gasteiger partial charge on any atom is -0.388 e. The zero-order chi connectivity index (χ0) is 9.71. The summed E-state index contributed by atoms with van der Waals surface area (Å²) in [5.74, 6) is 2.23. The predicted octanol–water partition coefficient (Wildman–Crippen LogP) is 3.59. The van der Waals surface area contributed by atoms with Gasteiger partial charge in [-0.25, -0.2) is 0 Å². The molecule has 1 aromatic rings. The van der Waals surface area contributed by atoms with Gasteiger partial charge in [-0.15, -0.1) is 0 Å². The Hall–Kier alpha value is 0.140. The fourth-order valence-corrected chi connectivity index (χ4v) is 4.62. The second-order valence-corrected chi connectivity index (χ2v) is 6.05. The highest BCUT2D eigenvalue weighted by atomic mass is 79.9. The van der Waals surface area contributed by atoms with E-state index in [1.165, 1.54) is 19.3 Å². The largest absolute Gasteiger partial charge is 0.388 e. The molecule has 0 aliphatic heterocycles. The summed E-state index contributed by atoms with van der Waals surface area (Å²) in [5, 5.41) is 14.3. The standard InChI is InChI=1S/C11H13BrOS/c12-9-5-14-4-8(9)11(13)10-6-2-1-3-7(6)10/h4-7,10-11,13H,1-3H2. The van der Waals surface area contributed by atoms with E-state index >= 15 is 0 Å². The molecule has 2 fully saturated rings. The van der Waals surface area contributed by atoms with Crippen molar-refractivity contribution in [3.8, 4) is 0 Å². The lowest BCUT2D eigenvalue weighted by atomic mass is 10.0. The van der Waals surface area contributed by atoms with Gasteiger partial charge < -0.3 is 5.11 Å². The van der Waals surface area contributed by atoms with Gasteiger partial charge in [-0.05, 0) is 51.9 Å². The number of aliphatic hydroxyl groups excluding tert-OH is 1. The lowest BCUT2D eigenvalue weighted by Gasteiger charge is -2.11. The number of hydrogen-bond acceptors (Lipinski definition) is 2. The molecule has 3 rings (SSSR count). The Kier molecular flexibility index (Phi) is 2.22. The molecule has 2 aliphatic rings. The second kappa shape index (κ2) is 3.32. The average Bonchev–Trinajstić information content (AvgIpc) is 2.57. The first-order valence-corrected chi connectivity index (χ1v) is 6.92. The van der Waals surface area contributed by atoms with Gasteiger partial charge in [0, 0.05) is 15.4 Å². The van der Waals surface area contributed by atoms with Crippen LogP contribution in [0.5, 0.6) is 0 Å². The molecule has 1 nitrogen and oxygen atoms in total. The van der Waals surface area contributed by atoms with E-state index in [0.29, 0.717) is 5.92 Å². The lowest BCUT2D eigenvalue weighted by Crippen LogP contribution is -2.03. The first-order valence-electron chi connectivity index (χ1n) is 5.18. The summed E-state index contributed by atoms with van der Waals surface area (Å²) in [4.78, 5) is 0. The Morgan fingerprint density at radius 3 is 2.64 bits per heavy atom. The molecule has 0 saturated heterocycles. The van der Waals surface area contributed by atoms with Crippen molar-refractivity contribution >= 4 is 27.3 Å². The molecule has 14 heavy (non-hydrogen) atoms. The summed E-state index contributed by atoms with van der Waals surface area (Å²) in [5.41, 5.74) is 1.11. The van der Waals surface area contributed by atoms with Crippen molar-refractivity contribution in [3.05, 3.63) is 20.8 Å². The summed E-state index contributed by atoms with van der Waals surface area (Å²) in [7, 11) is 0. The third-order valence-corrected chi connectivity index (χ3v) is 5.55. The Bertz CT molecular complexity index is 339. The molecule has 2 aliphatic carbocycles. The number of hydrogen-bond donors (Lipinski definition) is 1. The van der Waals surface area contributed by atoms with E-state index in [1.54, 1.807) is 11.3 Å². The Morgan fingerprint density at radius 1 is 1.36 bits per heavy atom. The van der Waals surface area contributed by atoms with Crippen molar-refractivity contribution in [1.82, 2.24) is 0 Å². The number of thiophene rings is 1. The zero-order valence-electron chi connectivity index (χ0n) is 7.82. The van der Waals surface area contributed by atoms with Gasteiger partial charge in [-0.1, -0.05) is 6.42 Å². The molecule has 0 radical (unpaired) electrons. The normalized spacial score (nSPS) is 36.9. The minimum atomic E-state index is -0.217. The van der Waals surface area contributed by atoms with Gasteiger partial charge in [0.25, 0.3) is 0 Å². The maximum atomic E-state index is 10.2. The Morgan fingerprint density at radius 2 is 2.07 bits per heavy atom. The number of fused-ring (bicyclic) bond motifs is 1. The quantitative estimate of drug-likeness (QED) is 0.873. The van der Waals surface area contributed by atoms with Crippen LogP contribution in [0.2, 0.25) is 0 Å². The molecule has 0 spiro atoms. The molecule has 1 aromatic heterocycles. The smallest absolute Gasteiger partial charge is 0.0842 e. The van der Waals surface area contributed by atoms with Crippen LogP contribution in [-0.4, -0.2) is 5.11 Å². The summed E-state index contributed by atoms with van der Waals surface area (Å²) >= 11 is 5.15. The van der Waals surface area contributed by atoms with Crippen molar-refractivity contribution in [1.29, 1.82) is 0 Å². The maximum Gasteiger partial charge on any atom is 0.0842 e. The molecule has 1 heterocycles.